The van der Waals surface area contributed by atoms with Crippen LogP contribution in [0.15, 0.2) is 0 Å². The van der Waals surface area contributed by atoms with Crippen LogP contribution in [0.2, 0.25) is 0 Å². The van der Waals surface area contributed by atoms with Crippen molar-refractivity contribution in [3.05, 3.63) is 0 Å². The average Bonchev–Trinajstić information content (AvgIpc) is 2.66. The Balaban J connectivity index is 2.29. The third-order valence-electron chi connectivity index (χ3n) is 2.27. The zero-order chi connectivity index (χ0) is 8.43. The van der Waals surface area contributed by atoms with E-state index in [2.05, 4.69) is 6.92 Å². The van der Waals surface area contributed by atoms with E-state index in [1.54, 1.807) is 4.90 Å². The summed E-state index contributed by atoms with van der Waals surface area (Å²) in [5.41, 5.74) is 5.33. The van der Waals surface area contributed by atoms with E-state index in [1.807, 2.05) is 7.05 Å². The predicted octanol–water partition coefficient (Wildman–Crippen LogP) is 0.0595. The highest BCUT2D eigenvalue weighted by Crippen LogP contribution is 2.38. The Morgan fingerprint density at radius 1 is 1.73 bits per heavy atom. The Kier molecular flexibility index (Phi) is 2.49. The van der Waals surface area contributed by atoms with Gasteiger partial charge in [0.25, 0.3) is 0 Å². The van der Waals surface area contributed by atoms with Gasteiger partial charge >= 0.3 is 0 Å². The maximum Gasteiger partial charge on any atom is 0.225 e. The van der Waals surface area contributed by atoms with E-state index in [1.165, 1.54) is 0 Å². The SMILES string of the molecule is CC1CC1C(=O)N(C)CCN. The second-order valence-electron chi connectivity index (χ2n) is 3.37. The van der Waals surface area contributed by atoms with Gasteiger partial charge in [0.1, 0.15) is 0 Å². The summed E-state index contributed by atoms with van der Waals surface area (Å²) in [4.78, 5) is 13.1. The third-order valence-corrected chi connectivity index (χ3v) is 2.27. The number of carbonyl (C=O) groups excluding carboxylic acids is 1. The van der Waals surface area contributed by atoms with Crippen molar-refractivity contribution >= 4 is 5.91 Å². The molecule has 11 heavy (non-hydrogen) atoms. The Morgan fingerprint density at radius 3 is 2.64 bits per heavy atom. The maximum atomic E-state index is 11.4. The Labute approximate surface area is 67.5 Å². The van der Waals surface area contributed by atoms with Gasteiger partial charge in [0.2, 0.25) is 5.91 Å². The third kappa shape index (κ3) is 1.93. The summed E-state index contributed by atoms with van der Waals surface area (Å²) in [6.45, 7) is 3.35. The Bertz CT molecular complexity index is 158. The predicted molar refractivity (Wildman–Crippen MR) is 44.0 cm³/mol. The second-order valence-corrected chi connectivity index (χ2v) is 3.37. The summed E-state index contributed by atoms with van der Waals surface area (Å²) >= 11 is 0. The van der Waals surface area contributed by atoms with Gasteiger partial charge in [-0.1, -0.05) is 6.92 Å². The van der Waals surface area contributed by atoms with Gasteiger partial charge in [0.15, 0.2) is 0 Å². The summed E-state index contributed by atoms with van der Waals surface area (Å²) < 4.78 is 0. The zero-order valence-corrected chi connectivity index (χ0v) is 7.21. The minimum atomic E-state index is 0.267. The smallest absolute Gasteiger partial charge is 0.225 e. The fraction of sp³-hybridized carbons (Fsp3) is 0.875. The van der Waals surface area contributed by atoms with Gasteiger partial charge in [-0.05, 0) is 12.3 Å². The van der Waals surface area contributed by atoms with Crippen LogP contribution in [0.4, 0.5) is 0 Å². The van der Waals surface area contributed by atoms with E-state index in [-0.39, 0.29) is 5.91 Å². The molecule has 0 spiro atoms. The van der Waals surface area contributed by atoms with E-state index in [0.717, 1.165) is 6.42 Å². The minimum Gasteiger partial charge on any atom is -0.344 e. The molecule has 0 aromatic heterocycles. The van der Waals surface area contributed by atoms with Crippen molar-refractivity contribution in [3.8, 4) is 0 Å². The van der Waals surface area contributed by atoms with Crippen LogP contribution in [0, 0.1) is 11.8 Å². The van der Waals surface area contributed by atoms with E-state index >= 15 is 0 Å². The molecule has 0 aromatic rings. The molecule has 1 fully saturated rings. The van der Waals surface area contributed by atoms with Crippen LogP contribution in [0.1, 0.15) is 13.3 Å². The monoisotopic (exact) mass is 156 g/mol. The van der Waals surface area contributed by atoms with E-state index in [9.17, 15) is 4.79 Å². The minimum absolute atomic E-state index is 0.267. The van der Waals surface area contributed by atoms with Crippen LogP contribution in [-0.4, -0.2) is 30.9 Å². The van der Waals surface area contributed by atoms with Crippen molar-refractivity contribution in [2.45, 2.75) is 13.3 Å². The lowest BCUT2D eigenvalue weighted by molar-refractivity contribution is -0.131. The molecule has 3 heteroatoms. The fourth-order valence-corrected chi connectivity index (χ4v) is 1.25. The Morgan fingerprint density at radius 2 is 2.27 bits per heavy atom. The highest BCUT2D eigenvalue weighted by Gasteiger charge is 2.40. The maximum absolute atomic E-state index is 11.4. The van der Waals surface area contributed by atoms with Crippen molar-refractivity contribution in [2.24, 2.45) is 17.6 Å². The van der Waals surface area contributed by atoms with Crippen molar-refractivity contribution in [3.63, 3.8) is 0 Å². The molecule has 3 nitrogen and oxygen atoms in total. The van der Waals surface area contributed by atoms with Crippen LogP contribution in [-0.2, 0) is 4.79 Å². The van der Waals surface area contributed by atoms with E-state index in [0.29, 0.717) is 24.9 Å². The lowest BCUT2D eigenvalue weighted by Gasteiger charge is -2.15. The fourth-order valence-electron chi connectivity index (χ4n) is 1.25. The molecular formula is C8H16N2O. The van der Waals surface area contributed by atoms with E-state index in [4.69, 9.17) is 5.73 Å². The molecule has 2 atom stereocenters. The highest BCUT2D eigenvalue weighted by molar-refractivity contribution is 5.81. The van der Waals surface area contributed by atoms with Gasteiger partial charge in [-0.2, -0.15) is 0 Å². The molecule has 1 amide bonds. The van der Waals surface area contributed by atoms with Crippen molar-refractivity contribution in [2.75, 3.05) is 20.1 Å². The molecule has 0 aromatic carbocycles. The molecular weight excluding hydrogens is 140 g/mol. The number of hydrogen-bond acceptors (Lipinski definition) is 2. The lowest BCUT2D eigenvalue weighted by Crippen LogP contribution is -2.33. The van der Waals surface area contributed by atoms with Gasteiger partial charge in [-0.15, -0.1) is 0 Å². The molecule has 64 valence electrons. The molecule has 1 rings (SSSR count). The lowest BCUT2D eigenvalue weighted by atomic mass is 10.3. The molecule has 0 heterocycles. The highest BCUT2D eigenvalue weighted by atomic mass is 16.2. The molecule has 0 bridgehead atoms. The molecule has 1 aliphatic rings. The first-order valence-corrected chi connectivity index (χ1v) is 4.12. The van der Waals surface area contributed by atoms with Gasteiger partial charge in [0.05, 0.1) is 0 Å². The molecule has 1 aliphatic carbocycles. The molecule has 2 unspecified atom stereocenters. The van der Waals surface area contributed by atoms with Crippen LogP contribution in [0.3, 0.4) is 0 Å². The van der Waals surface area contributed by atoms with Gasteiger partial charge in [0, 0.05) is 26.1 Å². The summed E-state index contributed by atoms with van der Waals surface area (Å²) in [6, 6.07) is 0. The Hall–Kier alpha value is -0.570. The summed E-state index contributed by atoms with van der Waals surface area (Å²) in [6.07, 6.45) is 1.06. The molecule has 2 N–H and O–H groups in total. The standard InChI is InChI=1S/C8H16N2O/c1-6-5-7(6)8(11)10(2)4-3-9/h6-7H,3-5,9H2,1-2H3. The number of nitrogens with two attached hydrogens (primary N) is 1. The quantitative estimate of drug-likeness (QED) is 0.628. The summed E-state index contributed by atoms with van der Waals surface area (Å²) in [5, 5.41) is 0. The number of nitrogens with zero attached hydrogens (tertiary/aromatic N) is 1. The first-order valence-electron chi connectivity index (χ1n) is 4.12. The van der Waals surface area contributed by atoms with Crippen LogP contribution >= 0.6 is 0 Å². The number of carbonyl (C=O) groups is 1. The number of rotatable bonds is 3. The van der Waals surface area contributed by atoms with Crippen molar-refractivity contribution in [1.29, 1.82) is 0 Å². The van der Waals surface area contributed by atoms with Crippen LogP contribution in [0.5, 0.6) is 0 Å². The van der Waals surface area contributed by atoms with Gasteiger partial charge < -0.3 is 10.6 Å². The second kappa shape index (κ2) is 3.22. The number of amides is 1. The number of likely N-dealkylation sites (N-methyl/N-ethyl adjacent to an activating group) is 1. The first-order chi connectivity index (χ1) is 5.16. The molecule has 1 saturated carbocycles. The first kappa shape index (κ1) is 8.53. The largest absolute Gasteiger partial charge is 0.344 e. The summed E-state index contributed by atoms with van der Waals surface area (Å²) in [7, 11) is 1.82. The average molecular weight is 156 g/mol. The van der Waals surface area contributed by atoms with Crippen LogP contribution < -0.4 is 5.73 Å². The normalized spacial score (nSPS) is 28.3. The zero-order valence-electron chi connectivity index (χ0n) is 7.21. The van der Waals surface area contributed by atoms with Gasteiger partial charge in [-0.3, -0.25) is 4.79 Å². The topological polar surface area (TPSA) is 46.3 Å². The van der Waals surface area contributed by atoms with Crippen molar-refractivity contribution in [1.82, 2.24) is 4.90 Å². The molecule has 0 aliphatic heterocycles. The molecule has 0 radical (unpaired) electrons. The molecule has 0 saturated heterocycles. The van der Waals surface area contributed by atoms with Gasteiger partial charge in [-0.25, -0.2) is 0 Å². The van der Waals surface area contributed by atoms with Crippen molar-refractivity contribution < 1.29 is 4.79 Å². The number of hydrogen-bond donors (Lipinski definition) is 1. The van der Waals surface area contributed by atoms with Crippen LogP contribution in [0.25, 0.3) is 0 Å². The van der Waals surface area contributed by atoms with E-state index < -0.39 is 0 Å². The summed E-state index contributed by atoms with van der Waals surface area (Å²) in [5.74, 6) is 1.16.